The lowest BCUT2D eigenvalue weighted by Gasteiger charge is -2.47. The zero-order valence-electron chi connectivity index (χ0n) is 16.9. The molecule has 0 aliphatic carbocycles. The second-order valence-electron chi connectivity index (χ2n) is 8.51. The van der Waals surface area contributed by atoms with Crippen LogP contribution >= 0.6 is 0 Å². The monoisotopic (exact) mass is 372 g/mol. The van der Waals surface area contributed by atoms with Crippen molar-refractivity contribution in [1.29, 1.82) is 0 Å². The van der Waals surface area contributed by atoms with E-state index in [1.54, 1.807) is 6.08 Å². The third kappa shape index (κ3) is 5.27. The van der Waals surface area contributed by atoms with Gasteiger partial charge in [0, 0.05) is 24.7 Å². The predicted molar refractivity (Wildman–Crippen MR) is 98.2 cm³/mol. The van der Waals surface area contributed by atoms with Gasteiger partial charge in [0.2, 0.25) is 0 Å². The summed E-state index contributed by atoms with van der Waals surface area (Å²) in [5.74, 6) is -0.480. The Kier molecular flexibility index (Phi) is 7.27. The molecule has 152 valence electrons. The summed E-state index contributed by atoms with van der Waals surface area (Å²) in [6.45, 7) is 15.8. The van der Waals surface area contributed by atoms with Crippen molar-refractivity contribution in [1.82, 2.24) is 0 Å². The van der Waals surface area contributed by atoms with Gasteiger partial charge in [-0.05, 0) is 19.8 Å². The van der Waals surface area contributed by atoms with Crippen LogP contribution in [0.25, 0.3) is 0 Å². The SMILES string of the molecule is C=C[C@H]1C[C@H](O)O[C@@H]([C@H](C)[C@H](O)C[C@@H]2OC(C)(C)O[C@H](C(C)C)[C@H]2C)O1. The molecule has 0 unspecified atom stereocenters. The van der Waals surface area contributed by atoms with Crippen LogP contribution in [0.15, 0.2) is 12.7 Å². The molecule has 0 amide bonds. The lowest BCUT2D eigenvalue weighted by molar-refractivity contribution is -0.333. The molecule has 2 N–H and O–H groups in total. The lowest BCUT2D eigenvalue weighted by Crippen LogP contribution is -2.53. The Morgan fingerprint density at radius 2 is 1.85 bits per heavy atom. The van der Waals surface area contributed by atoms with E-state index in [2.05, 4.69) is 27.4 Å². The number of ether oxygens (including phenoxy) is 4. The molecule has 26 heavy (non-hydrogen) atoms. The van der Waals surface area contributed by atoms with Crippen LogP contribution in [0.3, 0.4) is 0 Å². The third-order valence-corrected chi connectivity index (χ3v) is 5.42. The van der Waals surface area contributed by atoms with E-state index in [-0.39, 0.29) is 30.1 Å². The molecule has 2 rings (SSSR count). The molecule has 6 nitrogen and oxygen atoms in total. The number of hydrogen-bond donors (Lipinski definition) is 2. The fourth-order valence-electron chi connectivity index (χ4n) is 3.85. The zero-order chi connectivity index (χ0) is 19.6. The average Bonchev–Trinajstić information content (AvgIpc) is 2.55. The van der Waals surface area contributed by atoms with Gasteiger partial charge < -0.3 is 29.2 Å². The van der Waals surface area contributed by atoms with Crippen LogP contribution in [-0.4, -0.2) is 53.0 Å². The Balaban J connectivity index is 2.02. The van der Waals surface area contributed by atoms with Crippen molar-refractivity contribution in [2.75, 3.05) is 0 Å². The predicted octanol–water partition coefficient (Wildman–Crippen LogP) is 2.82. The largest absolute Gasteiger partial charge is 0.393 e. The Hall–Kier alpha value is -0.500. The van der Waals surface area contributed by atoms with Crippen LogP contribution in [0, 0.1) is 17.8 Å². The zero-order valence-corrected chi connectivity index (χ0v) is 16.9. The molecule has 2 aliphatic heterocycles. The standard InChI is InChI=1S/C20H36O6/c1-8-14-9-17(22)24-19(23-14)12(4)15(21)10-16-13(5)18(11(2)3)26-20(6,7)25-16/h8,11-19,21-22H,1,9-10H2,2-7H3/t12-,13+,14+,15-,16+,17-,18-,19+/m1/s1. The second-order valence-corrected chi connectivity index (χ2v) is 8.51. The van der Waals surface area contributed by atoms with E-state index in [4.69, 9.17) is 18.9 Å². The van der Waals surface area contributed by atoms with Crippen molar-refractivity contribution in [2.45, 2.75) is 97.2 Å². The first kappa shape index (κ1) is 21.8. The van der Waals surface area contributed by atoms with Crippen molar-refractivity contribution < 1.29 is 29.2 Å². The van der Waals surface area contributed by atoms with Gasteiger partial charge in [0.05, 0.1) is 24.4 Å². The molecule has 8 atom stereocenters. The van der Waals surface area contributed by atoms with Crippen LogP contribution in [0.1, 0.15) is 54.4 Å². The first-order valence-electron chi connectivity index (χ1n) is 9.69. The van der Waals surface area contributed by atoms with Crippen molar-refractivity contribution in [3.63, 3.8) is 0 Å². The molecule has 0 bridgehead atoms. The lowest BCUT2D eigenvalue weighted by atomic mass is 9.84. The molecule has 0 spiro atoms. The maximum atomic E-state index is 10.8. The van der Waals surface area contributed by atoms with Crippen molar-refractivity contribution >= 4 is 0 Å². The molecule has 2 saturated heterocycles. The van der Waals surface area contributed by atoms with Crippen LogP contribution in [0.5, 0.6) is 0 Å². The molecular formula is C20H36O6. The van der Waals surface area contributed by atoms with E-state index in [1.165, 1.54) is 0 Å². The summed E-state index contributed by atoms with van der Waals surface area (Å²) < 4.78 is 23.4. The highest BCUT2D eigenvalue weighted by Gasteiger charge is 2.44. The van der Waals surface area contributed by atoms with Gasteiger partial charge in [0.15, 0.2) is 18.4 Å². The highest BCUT2D eigenvalue weighted by molar-refractivity contribution is 4.88. The summed E-state index contributed by atoms with van der Waals surface area (Å²) >= 11 is 0. The summed E-state index contributed by atoms with van der Waals surface area (Å²) in [5, 5.41) is 20.7. The molecular weight excluding hydrogens is 336 g/mol. The Morgan fingerprint density at radius 1 is 1.19 bits per heavy atom. The van der Waals surface area contributed by atoms with Crippen molar-refractivity contribution in [2.24, 2.45) is 17.8 Å². The Morgan fingerprint density at radius 3 is 2.42 bits per heavy atom. The van der Waals surface area contributed by atoms with Gasteiger partial charge in [0.25, 0.3) is 0 Å². The topological polar surface area (TPSA) is 77.4 Å². The molecule has 2 fully saturated rings. The summed E-state index contributed by atoms with van der Waals surface area (Å²) in [4.78, 5) is 0. The normalized spacial score (nSPS) is 40.2. The molecule has 0 aromatic heterocycles. The van der Waals surface area contributed by atoms with E-state index in [1.807, 2.05) is 20.8 Å². The van der Waals surface area contributed by atoms with Gasteiger partial charge in [-0.1, -0.05) is 33.8 Å². The minimum Gasteiger partial charge on any atom is -0.393 e. The molecule has 2 aliphatic rings. The van der Waals surface area contributed by atoms with Gasteiger partial charge in [0.1, 0.15) is 0 Å². The van der Waals surface area contributed by atoms with Crippen molar-refractivity contribution in [3.05, 3.63) is 12.7 Å². The van der Waals surface area contributed by atoms with E-state index in [0.29, 0.717) is 18.8 Å². The number of hydrogen-bond acceptors (Lipinski definition) is 6. The maximum Gasteiger partial charge on any atom is 0.166 e. The number of aliphatic hydroxyl groups excluding tert-OH is 2. The van der Waals surface area contributed by atoms with Gasteiger partial charge in [-0.15, -0.1) is 6.58 Å². The average molecular weight is 373 g/mol. The van der Waals surface area contributed by atoms with Crippen LogP contribution in [-0.2, 0) is 18.9 Å². The minimum atomic E-state index is -0.908. The molecule has 2 heterocycles. The molecule has 0 aromatic rings. The van der Waals surface area contributed by atoms with Gasteiger partial charge >= 0.3 is 0 Å². The van der Waals surface area contributed by atoms with Gasteiger partial charge in [-0.25, -0.2) is 0 Å². The quantitative estimate of drug-likeness (QED) is 0.698. The Bertz CT molecular complexity index is 465. The van der Waals surface area contributed by atoms with E-state index in [9.17, 15) is 10.2 Å². The molecule has 0 radical (unpaired) electrons. The maximum absolute atomic E-state index is 10.8. The smallest absolute Gasteiger partial charge is 0.166 e. The first-order chi connectivity index (χ1) is 12.0. The summed E-state index contributed by atoms with van der Waals surface area (Å²) in [6, 6.07) is 0. The number of aliphatic hydroxyl groups is 2. The molecule has 0 saturated carbocycles. The molecule has 0 aromatic carbocycles. The van der Waals surface area contributed by atoms with Crippen LogP contribution in [0.2, 0.25) is 0 Å². The van der Waals surface area contributed by atoms with Crippen molar-refractivity contribution in [3.8, 4) is 0 Å². The fourth-order valence-corrected chi connectivity index (χ4v) is 3.85. The summed E-state index contributed by atoms with van der Waals surface area (Å²) in [5.41, 5.74) is 0. The summed E-state index contributed by atoms with van der Waals surface area (Å²) in [6.07, 6.45) is -0.158. The van der Waals surface area contributed by atoms with E-state index in [0.717, 1.165) is 0 Å². The Labute approximate surface area is 157 Å². The summed E-state index contributed by atoms with van der Waals surface area (Å²) in [7, 11) is 0. The molecule has 6 heteroatoms. The van der Waals surface area contributed by atoms with Crippen LogP contribution in [0.4, 0.5) is 0 Å². The highest BCUT2D eigenvalue weighted by Crippen LogP contribution is 2.37. The van der Waals surface area contributed by atoms with Crippen LogP contribution < -0.4 is 0 Å². The number of rotatable bonds is 6. The third-order valence-electron chi connectivity index (χ3n) is 5.42. The first-order valence-corrected chi connectivity index (χ1v) is 9.69. The highest BCUT2D eigenvalue weighted by atomic mass is 16.7. The fraction of sp³-hybridized carbons (Fsp3) is 0.900. The minimum absolute atomic E-state index is 0.0698. The second kappa shape index (κ2) is 8.67. The van der Waals surface area contributed by atoms with E-state index < -0.39 is 24.5 Å². The van der Waals surface area contributed by atoms with Gasteiger partial charge in [-0.3, -0.25) is 0 Å². The van der Waals surface area contributed by atoms with Gasteiger partial charge in [-0.2, -0.15) is 0 Å². The van der Waals surface area contributed by atoms with E-state index >= 15 is 0 Å².